The first-order valence-electron chi connectivity index (χ1n) is 16.6. The number of cyclic esters (lactones) is 1. The van der Waals surface area contributed by atoms with E-state index in [0.717, 1.165) is 51.9 Å². The van der Waals surface area contributed by atoms with Crippen LogP contribution in [0.2, 0.25) is 0 Å². The number of hydrogen-bond donors (Lipinski definition) is 6. The Hall–Kier alpha value is -3.34. The van der Waals surface area contributed by atoms with Crippen molar-refractivity contribution in [2.24, 2.45) is 17.6 Å². The molecule has 3 aliphatic rings. The molecule has 5 rings (SSSR count). The summed E-state index contributed by atoms with van der Waals surface area (Å²) in [5, 5.41) is 20.6. The summed E-state index contributed by atoms with van der Waals surface area (Å²) in [4.78, 5) is 13.4. The number of unbranched alkanes of at least 4 members (excludes halogenated alkanes) is 1. The fraction of sp³-hybridized carbons (Fsp3) is 0.606. The predicted molar refractivity (Wildman–Crippen MR) is 179 cm³/mol. The number of carbonyl (C=O) groups excluding carboxylic acids is 1. The number of nitrogens with one attached hydrogen (secondary N) is 4. The molecule has 0 saturated carbocycles. The van der Waals surface area contributed by atoms with Gasteiger partial charge in [-0.15, -0.1) is 0 Å². The SMILES string of the molecule is COc1cc(C2c3cc4c(cc3[C@@H](NS(=O)(=O)CCNCCCNCCCCNCCCN)[C@H]3COC(=O)[C@H]23)OCO4)cc(OC)c1O. The minimum atomic E-state index is -3.77. The molecule has 2 aromatic rings. The van der Waals surface area contributed by atoms with Crippen molar-refractivity contribution in [2.45, 2.75) is 37.6 Å². The second-order valence-corrected chi connectivity index (χ2v) is 14.1. The minimum absolute atomic E-state index is 0.0311. The van der Waals surface area contributed by atoms with E-state index in [0.29, 0.717) is 41.3 Å². The van der Waals surface area contributed by atoms with Gasteiger partial charge in [0.25, 0.3) is 0 Å². The first-order valence-corrected chi connectivity index (χ1v) is 18.3. The number of ether oxygens (including phenoxy) is 5. The first kappa shape index (κ1) is 36.0. The Balaban J connectivity index is 1.23. The van der Waals surface area contributed by atoms with Crippen molar-refractivity contribution < 1.29 is 42.0 Å². The lowest BCUT2D eigenvalue weighted by molar-refractivity contribution is -0.141. The van der Waals surface area contributed by atoms with Crippen molar-refractivity contribution in [3.05, 3.63) is 41.0 Å². The van der Waals surface area contributed by atoms with Gasteiger partial charge in [-0.25, -0.2) is 13.1 Å². The molecule has 2 heterocycles. The summed E-state index contributed by atoms with van der Waals surface area (Å²) in [5.41, 5.74) is 7.50. The van der Waals surface area contributed by atoms with Crippen molar-refractivity contribution in [1.29, 1.82) is 0 Å². The fourth-order valence-electron chi connectivity index (χ4n) is 6.71. The van der Waals surface area contributed by atoms with Gasteiger partial charge in [-0.3, -0.25) is 4.79 Å². The number of phenolic OH excluding ortho intramolecular Hbond substituents is 1. The van der Waals surface area contributed by atoms with E-state index in [4.69, 9.17) is 29.4 Å². The Bertz CT molecular complexity index is 1480. The van der Waals surface area contributed by atoms with Gasteiger partial charge in [0.15, 0.2) is 23.0 Å². The van der Waals surface area contributed by atoms with Gasteiger partial charge in [-0.1, -0.05) is 0 Å². The van der Waals surface area contributed by atoms with Crippen LogP contribution in [0.4, 0.5) is 0 Å². The number of carbonyl (C=O) groups is 1. The quantitative estimate of drug-likeness (QED) is 0.0862. The van der Waals surface area contributed by atoms with Crippen molar-refractivity contribution >= 4 is 16.0 Å². The van der Waals surface area contributed by atoms with Crippen LogP contribution in [0.1, 0.15) is 54.3 Å². The molecule has 15 heteroatoms. The molecule has 2 aromatic carbocycles. The van der Waals surface area contributed by atoms with Gasteiger partial charge >= 0.3 is 5.97 Å². The molecule has 0 aromatic heterocycles. The predicted octanol–water partition coefficient (Wildman–Crippen LogP) is 1.32. The molecule has 1 unspecified atom stereocenters. The second kappa shape index (κ2) is 16.9. The molecule has 7 N–H and O–H groups in total. The maximum atomic E-state index is 13.5. The zero-order valence-corrected chi connectivity index (χ0v) is 28.5. The molecular weight excluding hydrogens is 642 g/mol. The van der Waals surface area contributed by atoms with Crippen LogP contribution in [-0.2, 0) is 19.6 Å². The van der Waals surface area contributed by atoms with E-state index in [1.807, 2.05) is 0 Å². The summed E-state index contributed by atoms with van der Waals surface area (Å²) in [5.74, 6) is -1.15. The average molecular weight is 692 g/mol. The van der Waals surface area contributed by atoms with Gasteiger partial charge in [-0.2, -0.15) is 0 Å². The van der Waals surface area contributed by atoms with E-state index in [-0.39, 0.29) is 42.9 Å². The Morgan fingerprint density at radius 3 is 2.04 bits per heavy atom. The Labute approximate surface area is 282 Å². The van der Waals surface area contributed by atoms with E-state index in [2.05, 4.69) is 20.7 Å². The molecule has 0 radical (unpaired) electrons. The molecule has 48 heavy (non-hydrogen) atoms. The Kier molecular flexibility index (Phi) is 12.6. The van der Waals surface area contributed by atoms with Gasteiger partial charge in [0, 0.05) is 18.4 Å². The number of rotatable bonds is 20. The smallest absolute Gasteiger partial charge is 0.310 e. The van der Waals surface area contributed by atoms with Crippen LogP contribution in [0.25, 0.3) is 0 Å². The Morgan fingerprint density at radius 1 is 0.833 bits per heavy atom. The third kappa shape index (κ3) is 8.44. The normalized spacial score (nSPS) is 21.1. The summed E-state index contributed by atoms with van der Waals surface area (Å²) in [6.45, 7) is 5.51. The molecule has 4 atom stereocenters. The number of aromatic hydroxyl groups is 1. The summed E-state index contributed by atoms with van der Waals surface area (Å²) in [7, 11) is -0.908. The number of methoxy groups -OCH3 is 2. The third-order valence-electron chi connectivity index (χ3n) is 9.12. The number of fused-ring (bicyclic) bond motifs is 3. The zero-order chi connectivity index (χ0) is 34.1. The molecule has 0 amide bonds. The lowest BCUT2D eigenvalue weighted by Crippen LogP contribution is -2.44. The van der Waals surface area contributed by atoms with E-state index >= 15 is 0 Å². The summed E-state index contributed by atoms with van der Waals surface area (Å²) in [6.07, 6.45) is 4.08. The molecule has 1 aliphatic carbocycles. The van der Waals surface area contributed by atoms with Crippen LogP contribution in [-0.4, -0.2) is 98.7 Å². The monoisotopic (exact) mass is 691 g/mol. The number of nitrogens with two attached hydrogens (primary N) is 1. The molecule has 14 nitrogen and oxygen atoms in total. The van der Waals surface area contributed by atoms with Crippen LogP contribution < -0.4 is 45.4 Å². The summed E-state index contributed by atoms with van der Waals surface area (Å²) >= 11 is 0. The van der Waals surface area contributed by atoms with Crippen molar-refractivity contribution in [3.63, 3.8) is 0 Å². The molecule has 266 valence electrons. The highest BCUT2D eigenvalue weighted by molar-refractivity contribution is 7.89. The van der Waals surface area contributed by atoms with Crippen molar-refractivity contribution in [3.8, 4) is 28.7 Å². The van der Waals surface area contributed by atoms with Crippen LogP contribution in [0.15, 0.2) is 24.3 Å². The molecule has 0 spiro atoms. The molecule has 1 saturated heterocycles. The maximum Gasteiger partial charge on any atom is 0.310 e. The van der Waals surface area contributed by atoms with Gasteiger partial charge in [-0.05, 0) is 106 Å². The number of hydrogen-bond acceptors (Lipinski definition) is 13. The number of esters is 1. The summed E-state index contributed by atoms with van der Waals surface area (Å²) < 4.78 is 57.6. The van der Waals surface area contributed by atoms with Gasteiger partial charge in [0.2, 0.25) is 22.6 Å². The number of sulfonamides is 1. The third-order valence-corrected chi connectivity index (χ3v) is 10.5. The van der Waals surface area contributed by atoms with Gasteiger partial charge in [0.05, 0.1) is 38.5 Å². The topological polar surface area (TPSA) is 192 Å². The zero-order valence-electron chi connectivity index (χ0n) is 27.7. The van der Waals surface area contributed by atoms with E-state index in [1.165, 1.54) is 14.2 Å². The van der Waals surface area contributed by atoms with Crippen LogP contribution in [0, 0.1) is 11.8 Å². The lowest BCUT2D eigenvalue weighted by atomic mass is 9.65. The van der Waals surface area contributed by atoms with E-state index in [9.17, 15) is 18.3 Å². The van der Waals surface area contributed by atoms with E-state index in [1.54, 1.807) is 24.3 Å². The minimum Gasteiger partial charge on any atom is -0.502 e. The van der Waals surface area contributed by atoms with Gasteiger partial charge in [0.1, 0.15) is 0 Å². The summed E-state index contributed by atoms with van der Waals surface area (Å²) in [6, 6.07) is 6.17. The van der Waals surface area contributed by atoms with Crippen molar-refractivity contribution in [2.75, 3.05) is 79.2 Å². The Morgan fingerprint density at radius 2 is 1.42 bits per heavy atom. The van der Waals surface area contributed by atoms with Crippen molar-refractivity contribution in [1.82, 2.24) is 20.7 Å². The number of benzene rings is 2. The highest BCUT2D eigenvalue weighted by atomic mass is 32.2. The fourth-order valence-corrected chi connectivity index (χ4v) is 7.93. The van der Waals surface area contributed by atoms with Crippen LogP contribution in [0.3, 0.4) is 0 Å². The maximum absolute atomic E-state index is 13.5. The highest BCUT2D eigenvalue weighted by Crippen LogP contribution is 2.55. The van der Waals surface area contributed by atoms with Gasteiger partial charge < -0.3 is 50.5 Å². The first-order chi connectivity index (χ1) is 23.3. The lowest BCUT2D eigenvalue weighted by Gasteiger charge is -2.39. The largest absolute Gasteiger partial charge is 0.502 e. The molecule has 0 bridgehead atoms. The van der Waals surface area contributed by atoms with Crippen LogP contribution in [0.5, 0.6) is 28.7 Å². The standard InChI is InChI=1S/C33H49N5O9S/c1-43-27-15-21(16-28(44-2)32(27)39)29-22-17-25-26(47-20-46-25)18-23(22)31(24-19-45-33(40)30(24)29)38-48(41,42)14-13-37-12-6-11-36-9-4-3-8-35-10-5-7-34/h15-18,24,29-31,35-39H,3-14,19-20,34H2,1-2H3/t24-,29?,30-,31+/m0/s1. The average Bonchev–Trinajstić information content (AvgIpc) is 3.70. The van der Waals surface area contributed by atoms with E-state index < -0.39 is 39.8 Å². The second-order valence-electron chi connectivity index (χ2n) is 12.3. The van der Waals surface area contributed by atoms with Crippen LogP contribution >= 0.6 is 0 Å². The molecule has 2 aliphatic heterocycles. The molecular formula is C33H49N5O9S. The molecule has 1 fully saturated rings. The highest BCUT2D eigenvalue weighted by Gasteiger charge is 2.53. The number of phenols is 1.